The number of benzene rings is 7. The summed E-state index contributed by atoms with van der Waals surface area (Å²) in [6, 6.07) is 54.4. The Labute approximate surface area is 397 Å². The molecule has 3 heteroatoms. The molecule has 3 aliphatic rings. The van der Waals surface area contributed by atoms with Crippen LogP contribution in [0, 0.1) is 6.92 Å². The fourth-order valence-corrected chi connectivity index (χ4v) is 11.2. The van der Waals surface area contributed by atoms with E-state index in [0.29, 0.717) is 0 Å². The van der Waals surface area contributed by atoms with E-state index in [4.69, 9.17) is 0 Å². The first-order valence-corrected chi connectivity index (χ1v) is 24.5. The van der Waals surface area contributed by atoms with Gasteiger partial charge < -0.3 is 9.80 Å². The van der Waals surface area contributed by atoms with Crippen LogP contribution in [0.2, 0.25) is 0 Å². The molecule has 0 spiro atoms. The lowest BCUT2D eigenvalue weighted by molar-refractivity contribution is 0.332. The second kappa shape index (κ2) is 15.1. The summed E-state index contributed by atoms with van der Waals surface area (Å²) in [6.45, 7) is 33.3. The maximum Gasteiger partial charge on any atom is 0.252 e. The number of aryl methyl sites for hydroxylation is 1. The van der Waals surface area contributed by atoms with E-state index in [1.54, 1.807) is 0 Å². The molecule has 1 aliphatic carbocycles. The average Bonchev–Trinajstić information content (AvgIpc) is 3.26. The van der Waals surface area contributed by atoms with Gasteiger partial charge in [-0.25, -0.2) is 0 Å². The molecule has 2 nitrogen and oxygen atoms in total. The Kier molecular flexibility index (Phi) is 10.1. The van der Waals surface area contributed by atoms with Crippen molar-refractivity contribution in [3.63, 3.8) is 0 Å². The molecule has 0 saturated carbocycles. The van der Waals surface area contributed by atoms with Gasteiger partial charge >= 0.3 is 0 Å². The van der Waals surface area contributed by atoms with E-state index >= 15 is 0 Å². The molecule has 0 radical (unpaired) electrons. The highest BCUT2D eigenvalue weighted by Gasteiger charge is 2.47. The topological polar surface area (TPSA) is 6.48 Å². The largest absolute Gasteiger partial charge is 0.311 e. The van der Waals surface area contributed by atoms with Gasteiger partial charge in [-0.2, -0.15) is 0 Å². The third-order valence-electron chi connectivity index (χ3n) is 15.4. The van der Waals surface area contributed by atoms with Gasteiger partial charge in [0.05, 0.1) is 5.69 Å². The second-order valence-electron chi connectivity index (χ2n) is 24.3. The molecule has 7 aromatic carbocycles. The number of hydrogen-bond acceptors (Lipinski definition) is 2. The predicted molar refractivity (Wildman–Crippen MR) is 287 cm³/mol. The summed E-state index contributed by atoms with van der Waals surface area (Å²) in [5, 5.41) is 0. The van der Waals surface area contributed by atoms with E-state index in [1.807, 2.05) is 0 Å². The lowest BCUT2D eigenvalue weighted by Crippen LogP contribution is -2.62. The summed E-state index contributed by atoms with van der Waals surface area (Å²) in [5.41, 5.74) is 24.9. The zero-order chi connectivity index (χ0) is 46.9. The van der Waals surface area contributed by atoms with Crippen LogP contribution in [0.5, 0.6) is 0 Å². The maximum atomic E-state index is 2.69. The summed E-state index contributed by atoms with van der Waals surface area (Å²) in [6.07, 6.45) is 2.33. The van der Waals surface area contributed by atoms with Crippen molar-refractivity contribution in [1.82, 2.24) is 0 Å². The van der Waals surface area contributed by atoms with Crippen LogP contribution in [0.4, 0.5) is 34.1 Å². The first kappa shape index (κ1) is 44.1. The molecule has 0 aromatic heterocycles. The van der Waals surface area contributed by atoms with Crippen LogP contribution in [-0.2, 0) is 27.1 Å². The standard InChI is InChI=1S/C63H69BN2/c1-40-32-56-58-57(33-40)66(53-29-27-45(60(5,6)7)36-48(53)43-23-18-22-42(34-43)41-20-16-15-17-21-41)55-39-50-49(62(11,12)30-31-63(50,13)14)38-52(55)64(58)51-28-26-46(61(8,9)10)37-54(51)65(56)47-25-19-24-44(35-47)59(2,3)4/h15-29,32-39H,30-31H2,1-14H3. The summed E-state index contributed by atoms with van der Waals surface area (Å²) < 4.78 is 0. The highest BCUT2D eigenvalue weighted by Crippen LogP contribution is 2.52. The lowest BCUT2D eigenvalue weighted by atomic mass is 9.33. The SMILES string of the molecule is Cc1cc2c3c(c1)N(c1ccc(C(C)(C)C)cc1-c1cccc(-c4ccccc4)c1)c1cc4c(cc1B3c1ccc(C(C)(C)C)cc1N2c1cccc(C(C)(C)C)c1)C(C)(C)CCC4(C)C. The van der Waals surface area contributed by atoms with Crippen LogP contribution in [0.3, 0.4) is 0 Å². The Hall–Kier alpha value is -5.80. The van der Waals surface area contributed by atoms with Crippen molar-refractivity contribution in [3.8, 4) is 22.3 Å². The van der Waals surface area contributed by atoms with Crippen molar-refractivity contribution in [2.75, 3.05) is 9.80 Å². The minimum atomic E-state index is -0.0376. The van der Waals surface area contributed by atoms with E-state index in [2.05, 4.69) is 246 Å². The number of anilines is 6. The van der Waals surface area contributed by atoms with Crippen molar-refractivity contribution < 1.29 is 0 Å². The molecule has 66 heavy (non-hydrogen) atoms. The van der Waals surface area contributed by atoms with Crippen LogP contribution < -0.4 is 26.2 Å². The second-order valence-corrected chi connectivity index (χ2v) is 24.3. The average molecular weight is 865 g/mol. The van der Waals surface area contributed by atoms with Crippen molar-refractivity contribution >= 4 is 57.2 Å². The van der Waals surface area contributed by atoms with Crippen LogP contribution in [-0.4, -0.2) is 6.71 Å². The summed E-state index contributed by atoms with van der Waals surface area (Å²) in [5.74, 6) is 0. The normalized spacial score (nSPS) is 16.1. The van der Waals surface area contributed by atoms with Gasteiger partial charge in [-0.3, -0.25) is 0 Å². The van der Waals surface area contributed by atoms with Crippen molar-refractivity contribution in [2.45, 2.75) is 137 Å². The third-order valence-corrected chi connectivity index (χ3v) is 15.4. The van der Waals surface area contributed by atoms with Crippen LogP contribution in [0.25, 0.3) is 22.3 Å². The highest BCUT2D eigenvalue weighted by atomic mass is 15.2. The van der Waals surface area contributed by atoms with Gasteiger partial charge in [0.1, 0.15) is 0 Å². The van der Waals surface area contributed by atoms with Gasteiger partial charge in [0, 0.05) is 34.0 Å². The molecule has 2 heterocycles. The van der Waals surface area contributed by atoms with Gasteiger partial charge in [0.25, 0.3) is 6.71 Å². The van der Waals surface area contributed by atoms with Crippen LogP contribution in [0.15, 0.2) is 140 Å². The molecule has 7 aromatic rings. The van der Waals surface area contributed by atoms with Gasteiger partial charge in [0.15, 0.2) is 0 Å². The quantitative estimate of drug-likeness (QED) is 0.163. The number of hydrogen-bond donors (Lipinski definition) is 0. The third kappa shape index (κ3) is 7.33. The first-order chi connectivity index (χ1) is 31.0. The summed E-state index contributed by atoms with van der Waals surface area (Å²) in [4.78, 5) is 5.30. The van der Waals surface area contributed by atoms with E-state index in [-0.39, 0.29) is 33.8 Å². The van der Waals surface area contributed by atoms with Gasteiger partial charge in [0.2, 0.25) is 0 Å². The zero-order valence-corrected chi connectivity index (χ0v) is 42.2. The van der Waals surface area contributed by atoms with Gasteiger partial charge in [-0.05, 0) is 168 Å². The highest BCUT2D eigenvalue weighted by molar-refractivity contribution is 7.00. The smallest absolute Gasteiger partial charge is 0.252 e. The Morgan fingerprint density at radius 1 is 0.424 bits per heavy atom. The van der Waals surface area contributed by atoms with Crippen molar-refractivity contribution in [3.05, 3.63) is 173 Å². The molecule has 0 amide bonds. The van der Waals surface area contributed by atoms with Crippen molar-refractivity contribution in [1.29, 1.82) is 0 Å². The number of rotatable bonds is 4. The molecule has 334 valence electrons. The molecule has 0 bridgehead atoms. The van der Waals surface area contributed by atoms with Gasteiger partial charge in [-0.15, -0.1) is 0 Å². The van der Waals surface area contributed by atoms with E-state index in [1.165, 1.54) is 113 Å². The molecule has 0 atom stereocenters. The fourth-order valence-electron chi connectivity index (χ4n) is 11.2. The fraction of sp³-hybridized carbons (Fsp3) is 0.333. The maximum absolute atomic E-state index is 2.69. The van der Waals surface area contributed by atoms with Gasteiger partial charge in [-0.1, -0.05) is 175 Å². The Bertz CT molecular complexity index is 3060. The first-order valence-electron chi connectivity index (χ1n) is 24.5. The van der Waals surface area contributed by atoms with E-state index in [9.17, 15) is 0 Å². The minimum Gasteiger partial charge on any atom is -0.311 e. The molecule has 2 aliphatic heterocycles. The molecular formula is C63H69BN2. The molecular weight excluding hydrogens is 796 g/mol. The molecule has 0 fully saturated rings. The number of fused-ring (bicyclic) bond motifs is 5. The van der Waals surface area contributed by atoms with Crippen molar-refractivity contribution in [2.24, 2.45) is 0 Å². The Morgan fingerprint density at radius 2 is 0.970 bits per heavy atom. The molecule has 0 saturated heterocycles. The van der Waals surface area contributed by atoms with Crippen LogP contribution >= 0.6 is 0 Å². The Morgan fingerprint density at radius 3 is 1.64 bits per heavy atom. The van der Waals surface area contributed by atoms with E-state index < -0.39 is 0 Å². The molecule has 0 N–H and O–H groups in total. The lowest BCUT2D eigenvalue weighted by Gasteiger charge is -2.48. The minimum absolute atomic E-state index is 0.000698. The summed E-state index contributed by atoms with van der Waals surface area (Å²) >= 11 is 0. The summed E-state index contributed by atoms with van der Waals surface area (Å²) in [7, 11) is 0. The predicted octanol–water partition coefficient (Wildman–Crippen LogP) is 15.7. The van der Waals surface area contributed by atoms with E-state index in [0.717, 1.165) is 6.42 Å². The van der Waals surface area contributed by atoms with Crippen LogP contribution in [0.1, 0.15) is 136 Å². The Balaban J connectivity index is 1.33. The molecule has 0 unspecified atom stereocenters. The zero-order valence-electron chi connectivity index (χ0n) is 42.2. The number of nitrogens with zero attached hydrogens (tertiary/aromatic N) is 2. The molecule has 10 rings (SSSR count). The monoisotopic (exact) mass is 865 g/mol.